The fourth-order valence-corrected chi connectivity index (χ4v) is 3.21. The van der Waals surface area contributed by atoms with Crippen LogP contribution in [0.25, 0.3) is 0 Å². The maximum absolute atomic E-state index is 6.37. The molecule has 1 unspecified atom stereocenters. The predicted octanol–water partition coefficient (Wildman–Crippen LogP) is 2.82. The van der Waals surface area contributed by atoms with Crippen LogP contribution in [-0.4, -0.2) is 35.7 Å². The molecule has 15 heavy (non-hydrogen) atoms. The first-order chi connectivity index (χ1) is 6.93. The van der Waals surface area contributed by atoms with Gasteiger partial charge in [0.2, 0.25) is 0 Å². The van der Waals surface area contributed by atoms with E-state index < -0.39 is 0 Å². The topological polar surface area (TPSA) is 12.5 Å². The summed E-state index contributed by atoms with van der Waals surface area (Å²) >= 11 is 0. The van der Waals surface area contributed by atoms with Crippen LogP contribution in [0.3, 0.4) is 0 Å². The van der Waals surface area contributed by atoms with Crippen LogP contribution in [-0.2, 0) is 4.74 Å². The molecule has 2 aliphatic rings. The van der Waals surface area contributed by atoms with E-state index in [4.69, 9.17) is 4.74 Å². The maximum Gasteiger partial charge on any atom is 0.0843 e. The molecule has 88 valence electrons. The van der Waals surface area contributed by atoms with Crippen molar-refractivity contribution in [1.29, 1.82) is 0 Å². The third kappa shape index (κ3) is 2.21. The van der Waals surface area contributed by atoms with Gasteiger partial charge in [-0.25, -0.2) is 0 Å². The van der Waals surface area contributed by atoms with E-state index in [0.29, 0.717) is 6.04 Å². The van der Waals surface area contributed by atoms with E-state index in [1.54, 1.807) is 0 Å². The Morgan fingerprint density at radius 2 is 1.87 bits per heavy atom. The van der Waals surface area contributed by atoms with Crippen molar-refractivity contribution in [2.24, 2.45) is 0 Å². The van der Waals surface area contributed by atoms with E-state index in [2.05, 4.69) is 32.7 Å². The Hall–Kier alpha value is -0.0800. The Balaban J connectivity index is 2.07. The second kappa shape index (κ2) is 3.74. The van der Waals surface area contributed by atoms with Crippen LogP contribution in [0, 0.1) is 0 Å². The summed E-state index contributed by atoms with van der Waals surface area (Å²) in [4.78, 5) is 2.50. The molecule has 0 amide bonds. The first-order valence-electron chi connectivity index (χ1n) is 6.33. The Labute approximate surface area is 94.0 Å². The fraction of sp³-hybridized carbons (Fsp3) is 1.00. The van der Waals surface area contributed by atoms with Crippen molar-refractivity contribution in [3.8, 4) is 0 Å². The van der Waals surface area contributed by atoms with Crippen molar-refractivity contribution in [2.75, 3.05) is 13.6 Å². The van der Waals surface area contributed by atoms with Crippen molar-refractivity contribution < 1.29 is 4.74 Å². The number of nitrogens with zero attached hydrogens (tertiary/aromatic N) is 1. The van der Waals surface area contributed by atoms with Crippen LogP contribution >= 0.6 is 0 Å². The highest BCUT2D eigenvalue weighted by Crippen LogP contribution is 2.45. The molecule has 2 rings (SSSR count). The lowest BCUT2D eigenvalue weighted by molar-refractivity contribution is -0.198. The van der Waals surface area contributed by atoms with E-state index >= 15 is 0 Å². The number of hydrogen-bond donors (Lipinski definition) is 0. The molecule has 1 aliphatic carbocycles. The number of likely N-dealkylation sites (N-methyl/N-ethyl adjacent to an activating group) is 1. The molecule has 1 aliphatic heterocycles. The van der Waals surface area contributed by atoms with E-state index in [0.717, 1.165) is 0 Å². The lowest BCUT2D eigenvalue weighted by Crippen LogP contribution is -2.57. The quantitative estimate of drug-likeness (QED) is 0.696. The molecule has 0 spiro atoms. The van der Waals surface area contributed by atoms with Gasteiger partial charge in [-0.1, -0.05) is 0 Å². The third-order valence-corrected chi connectivity index (χ3v) is 3.84. The van der Waals surface area contributed by atoms with Gasteiger partial charge in [0.05, 0.1) is 11.2 Å². The molecular formula is C13H25NO. The lowest BCUT2D eigenvalue weighted by atomic mass is 9.73. The minimum absolute atomic E-state index is 0.00382. The molecule has 1 atom stereocenters. The monoisotopic (exact) mass is 211 g/mol. The molecule has 2 heteroatoms. The molecule has 0 N–H and O–H groups in total. The van der Waals surface area contributed by atoms with Gasteiger partial charge in [0, 0.05) is 6.04 Å². The lowest BCUT2D eigenvalue weighted by Gasteiger charge is -2.51. The molecule has 1 saturated carbocycles. The summed E-state index contributed by atoms with van der Waals surface area (Å²) in [5.74, 6) is 0. The van der Waals surface area contributed by atoms with E-state index in [1.807, 2.05) is 0 Å². The number of ether oxygens (including phenoxy) is 1. The van der Waals surface area contributed by atoms with Crippen molar-refractivity contribution in [3.05, 3.63) is 0 Å². The van der Waals surface area contributed by atoms with Crippen molar-refractivity contribution in [1.82, 2.24) is 4.90 Å². The number of likely N-dealkylation sites (tertiary alicyclic amines) is 1. The van der Waals surface area contributed by atoms with Crippen LogP contribution in [0.1, 0.15) is 52.9 Å². The normalized spacial score (nSPS) is 31.6. The summed E-state index contributed by atoms with van der Waals surface area (Å²) in [5, 5.41) is 0. The van der Waals surface area contributed by atoms with Crippen LogP contribution in [0.15, 0.2) is 0 Å². The molecule has 1 saturated heterocycles. The molecule has 0 aromatic rings. The molecular weight excluding hydrogens is 186 g/mol. The van der Waals surface area contributed by atoms with Gasteiger partial charge in [0.15, 0.2) is 0 Å². The Morgan fingerprint density at radius 1 is 1.20 bits per heavy atom. The van der Waals surface area contributed by atoms with Gasteiger partial charge in [-0.15, -0.1) is 0 Å². The zero-order valence-electron chi connectivity index (χ0n) is 10.7. The summed E-state index contributed by atoms with van der Waals surface area (Å²) < 4.78 is 6.37. The van der Waals surface area contributed by atoms with Crippen molar-refractivity contribution in [3.63, 3.8) is 0 Å². The molecule has 0 radical (unpaired) electrons. The van der Waals surface area contributed by atoms with Gasteiger partial charge in [0.25, 0.3) is 0 Å². The SMILES string of the molecule is CN1CCCC1C1(OC(C)(C)C)CCC1. The van der Waals surface area contributed by atoms with Gasteiger partial charge in [-0.3, -0.25) is 0 Å². The third-order valence-electron chi connectivity index (χ3n) is 3.84. The molecule has 1 heterocycles. The largest absolute Gasteiger partial charge is 0.368 e. The number of rotatable bonds is 2. The Bertz CT molecular complexity index is 227. The maximum atomic E-state index is 6.37. The first kappa shape index (κ1) is 11.4. The summed E-state index contributed by atoms with van der Waals surface area (Å²) in [6, 6.07) is 0.672. The van der Waals surface area contributed by atoms with Crippen molar-refractivity contribution >= 4 is 0 Å². The summed E-state index contributed by atoms with van der Waals surface area (Å²) in [5.41, 5.74) is 0.188. The van der Waals surface area contributed by atoms with Crippen molar-refractivity contribution in [2.45, 2.75) is 70.1 Å². The highest BCUT2D eigenvalue weighted by Gasteiger charge is 2.50. The smallest absolute Gasteiger partial charge is 0.0843 e. The fourth-order valence-electron chi connectivity index (χ4n) is 3.21. The highest BCUT2D eigenvalue weighted by molar-refractivity contribution is 5.03. The second-order valence-electron chi connectivity index (χ2n) is 6.27. The summed E-state index contributed by atoms with van der Waals surface area (Å²) in [6.07, 6.45) is 6.54. The molecule has 2 nitrogen and oxygen atoms in total. The standard InChI is InChI=1S/C13H25NO/c1-12(2,3)15-13(8-6-9-13)11-7-5-10-14(11)4/h11H,5-10H2,1-4H3. The minimum Gasteiger partial charge on any atom is -0.368 e. The highest BCUT2D eigenvalue weighted by atomic mass is 16.5. The van der Waals surface area contributed by atoms with Crippen LogP contribution in [0.2, 0.25) is 0 Å². The second-order valence-corrected chi connectivity index (χ2v) is 6.27. The molecule has 0 aromatic carbocycles. The van der Waals surface area contributed by atoms with Gasteiger partial charge in [-0.05, 0) is 66.5 Å². The van der Waals surface area contributed by atoms with E-state index in [9.17, 15) is 0 Å². The van der Waals surface area contributed by atoms with E-state index in [-0.39, 0.29) is 11.2 Å². The summed E-state index contributed by atoms with van der Waals surface area (Å²) in [6.45, 7) is 7.80. The summed E-state index contributed by atoms with van der Waals surface area (Å²) in [7, 11) is 2.25. The molecule has 2 fully saturated rings. The van der Waals surface area contributed by atoms with Gasteiger partial charge < -0.3 is 9.64 Å². The predicted molar refractivity (Wildman–Crippen MR) is 63.1 cm³/mol. The first-order valence-corrected chi connectivity index (χ1v) is 6.33. The van der Waals surface area contributed by atoms with E-state index in [1.165, 1.54) is 38.6 Å². The average Bonchev–Trinajstić information content (AvgIpc) is 2.42. The zero-order chi connectivity index (χ0) is 11.1. The van der Waals surface area contributed by atoms with Gasteiger partial charge >= 0.3 is 0 Å². The number of hydrogen-bond acceptors (Lipinski definition) is 2. The average molecular weight is 211 g/mol. The van der Waals surface area contributed by atoms with Crippen LogP contribution < -0.4 is 0 Å². The van der Waals surface area contributed by atoms with Gasteiger partial charge in [0.1, 0.15) is 0 Å². The Kier molecular flexibility index (Phi) is 2.85. The minimum atomic E-state index is 0.00382. The Morgan fingerprint density at radius 3 is 2.20 bits per heavy atom. The van der Waals surface area contributed by atoms with Gasteiger partial charge in [-0.2, -0.15) is 0 Å². The molecule has 0 aromatic heterocycles. The zero-order valence-corrected chi connectivity index (χ0v) is 10.7. The van der Waals surface area contributed by atoms with Crippen LogP contribution in [0.5, 0.6) is 0 Å². The molecule has 0 bridgehead atoms. The van der Waals surface area contributed by atoms with Crippen LogP contribution in [0.4, 0.5) is 0 Å².